The van der Waals surface area contributed by atoms with E-state index >= 15 is 0 Å². The summed E-state index contributed by atoms with van der Waals surface area (Å²) >= 11 is 0. The van der Waals surface area contributed by atoms with Crippen molar-refractivity contribution in [2.75, 3.05) is 0 Å². The van der Waals surface area contributed by atoms with Crippen LogP contribution in [-0.2, 0) is 5.41 Å². The van der Waals surface area contributed by atoms with Crippen LogP contribution in [0, 0.1) is 11.3 Å². The lowest BCUT2D eigenvalue weighted by Crippen LogP contribution is -2.26. The molecule has 2 heterocycles. The topological polar surface area (TPSA) is 33.6 Å². The molecule has 0 aliphatic heterocycles. The molecule has 10 aromatic carbocycles. The number of para-hydroxylation sites is 4. The highest BCUT2D eigenvalue weighted by Gasteiger charge is 2.51. The van der Waals surface area contributed by atoms with Crippen LogP contribution in [0.3, 0.4) is 0 Å². The van der Waals surface area contributed by atoms with Gasteiger partial charge in [0.2, 0.25) is 0 Å². The predicted molar refractivity (Wildman–Crippen MR) is 267 cm³/mol. The summed E-state index contributed by atoms with van der Waals surface area (Å²) in [6.45, 7) is 0. The second kappa shape index (κ2) is 13.4. The van der Waals surface area contributed by atoms with Crippen molar-refractivity contribution in [3.05, 3.63) is 252 Å². The second-order valence-corrected chi connectivity index (χ2v) is 17.5. The molecule has 0 N–H and O–H groups in total. The molecule has 3 nitrogen and oxygen atoms in total. The van der Waals surface area contributed by atoms with Crippen LogP contribution in [0.1, 0.15) is 27.8 Å². The molecule has 0 atom stereocenters. The van der Waals surface area contributed by atoms with Crippen molar-refractivity contribution in [2.45, 2.75) is 5.41 Å². The zero-order chi connectivity index (χ0) is 42.8. The number of benzene rings is 10. The smallest absolute Gasteiger partial charge is 0.0991 e. The quantitative estimate of drug-likeness (QED) is 0.174. The Morgan fingerprint density at radius 3 is 1.38 bits per heavy atom. The molecule has 0 saturated carbocycles. The Hall–Kier alpha value is -8.71. The summed E-state index contributed by atoms with van der Waals surface area (Å²) in [5.41, 5.74) is 21.4. The van der Waals surface area contributed by atoms with Crippen LogP contribution in [-0.4, -0.2) is 9.13 Å². The van der Waals surface area contributed by atoms with E-state index in [1.165, 1.54) is 88.1 Å². The molecule has 2 aromatic heterocycles. The van der Waals surface area contributed by atoms with Crippen molar-refractivity contribution >= 4 is 43.6 Å². The van der Waals surface area contributed by atoms with E-state index < -0.39 is 5.41 Å². The van der Waals surface area contributed by atoms with E-state index in [4.69, 9.17) is 0 Å². The van der Waals surface area contributed by atoms with Gasteiger partial charge in [0, 0.05) is 32.9 Å². The molecule has 0 saturated heterocycles. The number of hydrogen-bond acceptors (Lipinski definition) is 1. The van der Waals surface area contributed by atoms with E-state index in [9.17, 15) is 5.26 Å². The highest BCUT2D eigenvalue weighted by Crippen LogP contribution is 2.63. The zero-order valence-electron chi connectivity index (χ0n) is 35.2. The highest BCUT2D eigenvalue weighted by atomic mass is 15.0. The van der Waals surface area contributed by atoms with Crippen LogP contribution >= 0.6 is 0 Å². The monoisotopic (exact) mass is 823 g/mol. The normalized spacial score (nSPS) is 13.0. The van der Waals surface area contributed by atoms with Gasteiger partial charge in [-0.2, -0.15) is 5.26 Å². The van der Waals surface area contributed by atoms with E-state index in [-0.39, 0.29) is 0 Å². The van der Waals surface area contributed by atoms with Crippen LogP contribution in [0.15, 0.2) is 224 Å². The minimum atomic E-state index is -0.579. The third-order valence-electron chi connectivity index (χ3n) is 14.3. The molecule has 65 heavy (non-hydrogen) atoms. The third-order valence-corrected chi connectivity index (χ3v) is 14.3. The Morgan fingerprint density at radius 2 is 0.769 bits per heavy atom. The second-order valence-electron chi connectivity index (χ2n) is 17.5. The summed E-state index contributed by atoms with van der Waals surface area (Å²) in [7, 11) is 0. The van der Waals surface area contributed by atoms with Gasteiger partial charge in [0.05, 0.1) is 39.1 Å². The molecule has 0 unspecified atom stereocenters. The van der Waals surface area contributed by atoms with Gasteiger partial charge in [-0.1, -0.05) is 152 Å². The van der Waals surface area contributed by atoms with Gasteiger partial charge in [0.1, 0.15) is 0 Å². The minimum absolute atomic E-state index is 0.579. The molecule has 14 rings (SSSR count). The van der Waals surface area contributed by atoms with Gasteiger partial charge in [-0.05, 0) is 140 Å². The van der Waals surface area contributed by atoms with Crippen molar-refractivity contribution in [3.8, 4) is 62.0 Å². The molecule has 0 amide bonds. The van der Waals surface area contributed by atoms with Crippen molar-refractivity contribution in [3.63, 3.8) is 0 Å². The lowest BCUT2D eigenvalue weighted by Gasteiger charge is -2.30. The van der Waals surface area contributed by atoms with E-state index in [0.29, 0.717) is 5.56 Å². The van der Waals surface area contributed by atoms with Gasteiger partial charge in [0.25, 0.3) is 0 Å². The van der Waals surface area contributed by atoms with Gasteiger partial charge in [-0.3, -0.25) is 0 Å². The van der Waals surface area contributed by atoms with Crippen molar-refractivity contribution in [2.24, 2.45) is 0 Å². The predicted octanol–water partition coefficient (Wildman–Crippen LogP) is 15.4. The summed E-state index contributed by atoms with van der Waals surface area (Å²) in [6, 6.07) is 84.6. The first-order chi connectivity index (χ1) is 32.2. The Balaban J connectivity index is 1.05. The van der Waals surface area contributed by atoms with Crippen molar-refractivity contribution < 1.29 is 0 Å². The maximum atomic E-state index is 10.3. The maximum absolute atomic E-state index is 10.3. The zero-order valence-corrected chi connectivity index (χ0v) is 35.2. The number of rotatable bonds is 4. The Kier molecular flexibility index (Phi) is 7.39. The first kappa shape index (κ1) is 35.8. The van der Waals surface area contributed by atoms with Crippen LogP contribution < -0.4 is 0 Å². The Bertz CT molecular complexity index is 3930. The lowest BCUT2D eigenvalue weighted by molar-refractivity contribution is 0.793. The average molecular weight is 824 g/mol. The fourth-order valence-corrected chi connectivity index (χ4v) is 11.7. The highest BCUT2D eigenvalue weighted by molar-refractivity contribution is 6.11. The van der Waals surface area contributed by atoms with Gasteiger partial charge in [0.15, 0.2) is 0 Å². The molecule has 1 spiro atoms. The third kappa shape index (κ3) is 4.88. The summed E-state index contributed by atoms with van der Waals surface area (Å²) < 4.78 is 4.84. The molecule has 0 bridgehead atoms. The molecular weight excluding hydrogens is 787 g/mol. The number of nitrogens with zero attached hydrogens (tertiary/aromatic N) is 3. The average Bonchev–Trinajstić information content (AvgIpc) is 4.08. The van der Waals surface area contributed by atoms with Crippen molar-refractivity contribution in [1.29, 1.82) is 5.26 Å². The molecule has 0 fully saturated rings. The molecule has 300 valence electrons. The van der Waals surface area contributed by atoms with Gasteiger partial charge < -0.3 is 9.13 Å². The van der Waals surface area contributed by atoms with E-state index in [2.05, 4.69) is 234 Å². The molecule has 0 radical (unpaired) electrons. The standard InChI is InChI=1S/C62H37N3/c63-38-39-26-29-48-49-30-27-40(36-57(49)62(56(48)32-39)54-21-9-4-16-46(54)47-17-5-10-22-55(47)62)42-33-43(35-45(34-42)65-59-24-12-6-18-50(59)51-19-7-13-25-60(51)65)41-28-31-53-52-20-8-11-23-58(52)64(61(53)37-41)44-14-2-1-3-15-44/h1-37H. The fourth-order valence-electron chi connectivity index (χ4n) is 11.7. The first-order valence-electron chi connectivity index (χ1n) is 22.3. The lowest BCUT2D eigenvalue weighted by atomic mass is 9.70. The number of hydrogen-bond donors (Lipinski definition) is 0. The van der Waals surface area contributed by atoms with E-state index in [1.54, 1.807) is 0 Å². The van der Waals surface area contributed by atoms with Crippen LogP contribution in [0.5, 0.6) is 0 Å². The Labute approximate surface area is 376 Å². The fraction of sp³-hybridized carbons (Fsp3) is 0.0161. The SMILES string of the molecule is N#Cc1ccc2c(c1)C1(c3ccccc3-c3ccccc31)c1cc(-c3cc(-c4ccc5c6ccccc6n(-c6ccccc6)c5c4)cc(-n4c5ccccc5c5ccccc54)c3)ccc1-2. The molecule has 3 heteroatoms. The molecule has 12 aromatic rings. The number of nitriles is 1. The minimum Gasteiger partial charge on any atom is -0.309 e. The number of aromatic nitrogens is 2. The van der Waals surface area contributed by atoms with Gasteiger partial charge >= 0.3 is 0 Å². The molecular formula is C62H37N3. The van der Waals surface area contributed by atoms with E-state index in [1.807, 2.05) is 6.07 Å². The number of fused-ring (bicyclic) bond motifs is 16. The maximum Gasteiger partial charge on any atom is 0.0991 e. The van der Waals surface area contributed by atoms with E-state index in [0.717, 1.165) is 33.6 Å². The Morgan fingerprint density at radius 1 is 0.308 bits per heavy atom. The van der Waals surface area contributed by atoms with Gasteiger partial charge in [-0.25, -0.2) is 0 Å². The summed E-state index contributed by atoms with van der Waals surface area (Å²) in [6.07, 6.45) is 0. The van der Waals surface area contributed by atoms with Crippen molar-refractivity contribution in [1.82, 2.24) is 9.13 Å². The van der Waals surface area contributed by atoms with Gasteiger partial charge in [-0.15, -0.1) is 0 Å². The summed E-state index contributed by atoms with van der Waals surface area (Å²) in [4.78, 5) is 0. The van der Waals surface area contributed by atoms with Crippen LogP contribution in [0.4, 0.5) is 0 Å². The first-order valence-corrected chi connectivity index (χ1v) is 22.3. The summed E-state index contributed by atoms with van der Waals surface area (Å²) in [5, 5.41) is 15.2. The molecule has 2 aliphatic carbocycles. The van der Waals surface area contributed by atoms with Crippen LogP contribution in [0.2, 0.25) is 0 Å². The molecule has 2 aliphatic rings. The summed E-state index contributed by atoms with van der Waals surface area (Å²) in [5.74, 6) is 0. The largest absolute Gasteiger partial charge is 0.309 e. The van der Waals surface area contributed by atoms with Crippen LogP contribution in [0.25, 0.3) is 99.5 Å².